The van der Waals surface area contributed by atoms with Crippen LogP contribution in [0.1, 0.15) is 37.4 Å². The summed E-state index contributed by atoms with van der Waals surface area (Å²) in [7, 11) is -1.66. The minimum Gasteiger partial charge on any atom is -0.407 e. The molecule has 1 heterocycles. The highest BCUT2D eigenvalue weighted by molar-refractivity contribution is 6.69. The molecule has 1 atom stereocenters. The third-order valence-corrected chi connectivity index (χ3v) is 5.90. The van der Waals surface area contributed by atoms with Crippen molar-refractivity contribution in [3.63, 3.8) is 0 Å². The lowest BCUT2D eigenvalue weighted by atomic mass is 9.95. The summed E-state index contributed by atoms with van der Waals surface area (Å²) >= 11 is 12.6. The predicted molar refractivity (Wildman–Crippen MR) is 97.7 cm³/mol. The Bertz CT molecular complexity index is 719. The Balaban J connectivity index is 2.22. The van der Waals surface area contributed by atoms with Crippen molar-refractivity contribution in [2.45, 2.75) is 57.8 Å². The minimum absolute atomic E-state index is 0.259. The second-order valence-electron chi connectivity index (χ2n) is 7.44. The number of H-pyrrole nitrogens is 1. The van der Waals surface area contributed by atoms with Gasteiger partial charge in [-0.15, -0.1) is 0 Å². The first-order valence-electron chi connectivity index (χ1n) is 7.90. The highest BCUT2D eigenvalue weighted by Gasteiger charge is 2.38. The van der Waals surface area contributed by atoms with Crippen molar-refractivity contribution < 1.29 is 4.43 Å². The van der Waals surface area contributed by atoms with E-state index >= 15 is 0 Å². The lowest BCUT2D eigenvalue weighted by Gasteiger charge is -2.35. The molecule has 0 spiro atoms. The van der Waals surface area contributed by atoms with Crippen LogP contribution in [0, 0.1) is 0 Å². The van der Waals surface area contributed by atoms with E-state index in [1.807, 2.05) is 6.07 Å². The molecule has 0 aliphatic heterocycles. The lowest BCUT2D eigenvalue weighted by molar-refractivity contribution is 0.0642. The molecule has 0 radical (unpaired) electrons. The van der Waals surface area contributed by atoms with Crippen molar-refractivity contribution in [1.82, 2.24) is 4.98 Å². The molecule has 1 aliphatic rings. The Morgan fingerprint density at radius 3 is 2.59 bits per heavy atom. The Morgan fingerprint density at radius 1 is 1.18 bits per heavy atom. The molecule has 0 bridgehead atoms. The number of aryl methyl sites for hydroxylation is 1. The summed E-state index contributed by atoms with van der Waals surface area (Å²) in [6, 6.07) is 3.83. The number of benzene rings is 1. The average molecular weight is 356 g/mol. The molecule has 0 amide bonds. The molecule has 0 saturated carbocycles. The summed E-state index contributed by atoms with van der Waals surface area (Å²) < 4.78 is 6.60. The van der Waals surface area contributed by atoms with Crippen LogP contribution in [-0.2, 0) is 16.4 Å². The Labute approximate surface area is 143 Å². The molecular formula is C17H23Cl2NOSi. The van der Waals surface area contributed by atoms with Crippen LogP contribution >= 0.6 is 23.2 Å². The highest BCUT2D eigenvalue weighted by atomic mass is 35.5. The van der Waals surface area contributed by atoms with Crippen molar-refractivity contribution in [3.05, 3.63) is 33.4 Å². The van der Waals surface area contributed by atoms with Crippen LogP contribution in [-0.4, -0.2) is 13.3 Å². The number of hydrogen-bond acceptors (Lipinski definition) is 1. The number of halogens is 2. The number of fused-ring (bicyclic) bond motifs is 3. The van der Waals surface area contributed by atoms with Crippen LogP contribution in [0.4, 0.5) is 0 Å². The number of aromatic amines is 1. The Kier molecular flexibility index (Phi) is 4.13. The number of nitrogens with one attached hydrogen (secondary N) is 1. The first-order valence-corrected chi connectivity index (χ1v) is 12.1. The third-order valence-electron chi connectivity index (χ3n) is 4.32. The Morgan fingerprint density at radius 2 is 1.91 bits per heavy atom. The van der Waals surface area contributed by atoms with Gasteiger partial charge in [0.2, 0.25) is 0 Å². The normalized spacial score (nSPS) is 22.6. The van der Waals surface area contributed by atoms with Crippen molar-refractivity contribution >= 4 is 42.4 Å². The van der Waals surface area contributed by atoms with Crippen molar-refractivity contribution in [2.75, 3.05) is 0 Å². The molecule has 0 saturated heterocycles. The summed E-state index contributed by atoms with van der Waals surface area (Å²) in [5, 5.41) is 2.53. The molecule has 1 aromatic carbocycles. The first kappa shape index (κ1) is 16.4. The molecule has 22 heavy (non-hydrogen) atoms. The van der Waals surface area contributed by atoms with Gasteiger partial charge in [0.25, 0.3) is 0 Å². The number of hydrogen-bond donors (Lipinski definition) is 1. The zero-order valence-electron chi connectivity index (χ0n) is 13.6. The van der Waals surface area contributed by atoms with E-state index in [9.17, 15) is 0 Å². The van der Waals surface area contributed by atoms with Crippen LogP contribution in [0.25, 0.3) is 10.9 Å². The van der Waals surface area contributed by atoms with E-state index in [0.717, 1.165) is 23.7 Å². The maximum atomic E-state index is 6.60. The quantitative estimate of drug-likeness (QED) is 0.498. The van der Waals surface area contributed by atoms with Gasteiger partial charge >= 0.3 is 0 Å². The van der Waals surface area contributed by atoms with Gasteiger partial charge in [-0.05, 0) is 69.9 Å². The van der Waals surface area contributed by atoms with Gasteiger partial charge in [-0.3, -0.25) is 0 Å². The molecule has 5 heteroatoms. The van der Waals surface area contributed by atoms with Crippen LogP contribution in [0.2, 0.25) is 29.7 Å². The molecular weight excluding hydrogens is 333 g/mol. The fourth-order valence-electron chi connectivity index (χ4n) is 3.65. The molecule has 1 N–H and O–H groups in total. The lowest BCUT2D eigenvalue weighted by Crippen LogP contribution is -2.39. The van der Waals surface area contributed by atoms with Gasteiger partial charge in [-0.25, -0.2) is 0 Å². The summed E-state index contributed by atoms with van der Waals surface area (Å²) in [5.74, 6) is 0. The zero-order chi connectivity index (χ0) is 16.1. The second kappa shape index (κ2) is 5.55. The van der Waals surface area contributed by atoms with E-state index in [2.05, 4.69) is 31.5 Å². The van der Waals surface area contributed by atoms with E-state index in [1.54, 1.807) is 6.07 Å². The third kappa shape index (κ3) is 2.96. The topological polar surface area (TPSA) is 25.0 Å². The fraction of sp³-hybridized carbons (Fsp3) is 0.529. The molecule has 3 rings (SSSR count). The van der Waals surface area contributed by atoms with Gasteiger partial charge in [0, 0.05) is 10.4 Å². The molecule has 1 aliphatic carbocycles. The van der Waals surface area contributed by atoms with Gasteiger partial charge in [-0.1, -0.05) is 23.2 Å². The highest BCUT2D eigenvalue weighted by Crippen LogP contribution is 2.43. The molecule has 2 aromatic rings. The number of aromatic nitrogens is 1. The van der Waals surface area contributed by atoms with Crippen LogP contribution in [0.3, 0.4) is 0 Å². The molecule has 1 aromatic heterocycles. The largest absolute Gasteiger partial charge is 0.407 e. The van der Waals surface area contributed by atoms with E-state index in [-0.39, 0.29) is 5.60 Å². The van der Waals surface area contributed by atoms with Gasteiger partial charge in [0.15, 0.2) is 8.32 Å². The van der Waals surface area contributed by atoms with Crippen molar-refractivity contribution in [2.24, 2.45) is 0 Å². The monoisotopic (exact) mass is 355 g/mol. The molecule has 2 nitrogen and oxygen atoms in total. The zero-order valence-corrected chi connectivity index (χ0v) is 16.2. The van der Waals surface area contributed by atoms with E-state index < -0.39 is 8.32 Å². The summed E-state index contributed by atoms with van der Waals surface area (Å²) in [5.41, 5.74) is 3.26. The Hall–Kier alpha value is -0.483. The minimum atomic E-state index is -1.66. The van der Waals surface area contributed by atoms with Crippen LogP contribution in [0.5, 0.6) is 0 Å². The maximum Gasteiger partial charge on any atom is 0.185 e. The predicted octanol–water partition coefficient (Wildman–Crippen LogP) is 6.27. The van der Waals surface area contributed by atoms with Crippen molar-refractivity contribution in [3.8, 4) is 0 Å². The smallest absolute Gasteiger partial charge is 0.185 e. The molecule has 0 fully saturated rings. The van der Waals surface area contributed by atoms with E-state index in [1.165, 1.54) is 24.1 Å². The SMILES string of the molecule is CC1(O[Si](C)(C)C)CCCCc2c1[nH]c1c(Cl)cc(Cl)cc21. The standard InChI is InChI=1S/C17H23Cl2NOSi/c1-17(21-22(2,3)4)8-6-5-7-12-13-9-11(18)10-14(19)15(13)20-16(12)17/h9-10,20H,5-8H2,1-4H3. The van der Waals surface area contributed by atoms with Gasteiger partial charge < -0.3 is 9.41 Å². The van der Waals surface area contributed by atoms with E-state index in [0.29, 0.717) is 10.0 Å². The summed E-state index contributed by atoms with van der Waals surface area (Å²) in [6.45, 7) is 8.96. The summed E-state index contributed by atoms with van der Waals surface area (Å²) in [4.78, 5) is 3.57. The molecule has 1 unspecified atom stereocenters. The van der Waals surface area contributed by atoms with Crippen molar-refractivity contribution in [1.29, 1.82) is 0 Å². The van der Waals surface area contributed by atoms with E-state index in [4.69, 9.17) is 27.6 Å². The van der Waals surface area contributed by atoms with Gasteiger partial charge in [0.1, 0.15) is 0 Å². The first-order chi connectivity index (χ1) is 10.2. The maximum absolute atomic E-state index is 6.60. The van der Waals surface area contributed by atoms with Crippen LogP contribution in [0.15, 0.2) is 12.1 Å². The van der Waals surface area contributed by atoms with Gasteiger partial charge in [-0.2, -0.15) is 0 Å². The molecule has 120 valence electrons. The fourth-order valence-corrected chi connectivity index (χ4v) is 5.75. The summed E-state index contributed by atoms with van der Waals surface area (Å²) in [6.07, 6.45) is 4.45. The number of rotatable bonds is 2. The second-order valence-corrected chi connectivity index (χ2v) is 12.7. The average Bonchev–Trinajstić information content (AvgIpc) is 2.65. The van der Waals surface area contributed by atoms with Crippen LogP contribution < -0.4 is 0 Å². The van der Waals surface area contributed by atoms with Gasteiger partial charge in [0.05, 0.1) is 21.8 Å².